The Bertz CT molecular complexity index is 1080. The third-order valence-electron chi connectivity index (χ3n) is 4.07. The Labute approximate surface area is 163 Å². The Balaban J connectivity index is 1.44. The van der Waals surface area contributed by atoms with E-state index in [1.807, 2.05) is 18.2 Å². The van der Waals surface area contributed by atoms with Crippen LogP contribution in [0.4, 0.5) is 10.1 Å². The van der Waals surface area contributed by atoms with E-state index in [2.05, 4.69) is 43.1 Å². The summed E-state index contributed by atoms with van der Waals surface area (Å²) in [5.74, 6) is -0.709. The Morgan fingerprint density at radius 3 is 2.79 bits per heavy atom. The molecule has 0 fully saturated rings. The largest absolute Gasteiger partial charge is 0.318 e. The monoisotopic (exact) mass is 394 g/mol. The minimum absolute atomic E-state index is 0.0335. The van der Waals surface area contributed by atoms with Gasteiger partial charge in [-0.3, -0.25) is 4.79 Å². The lowest BCUT2D eigenvalue weighted by atomic mass is 10.1. The highest BCUT2D eigenvalue weighted by Crippen LogP contribution is 2.23. The summed E-state index contributed by atoms with van der Waals surface area (Å²) in [5.41, 5.74) is 2.04. The Hall–Kier alpha value is -3.46. The van der Waals surface area contributed by atoms with E-state index in [-0.39, 0.29) is 11.4 Å². The molecule has 0 aliphatic carbocycles. The topological polar surface area (TPSA) is 96.5 Å². The zero-order valence-electron chi connectivity index (χ0n) is 14.6. The average molecular weight is 394 g/mol. The summed E-state index contributed by atoms with van der Waals surface area (Å²) in [6, 6.07) is 14.3. The Kier molecular flexibility index (Phi) is 5.16. The molecule has 0 saturated heterocycles. The number of tetrazole rings is 1. The summed E-state index contributed by atoms with van der Waals surface area (Å²) in [4.78, 5) is 16.8. The number of aromatic amines is 1. The van der Waals surface area contributed by atoms with Gasteiger partial charge in [0.2, 0.25) is 5.82 Å². The number of amides is 1. The summed E-state index contributed by atoms with van der Waals surface area (Å²) in [5, 5.41) is 18.6. The molecule has 0 spiro atoms. The summed E-state index contributed by atoms with van der Waals surface area (Å²) in [6.45, 7) is 0. The lowest BCUT2D eigenvalue weighted by Crippen LogP contribution is -2.13. The van der Waals surface area contributed by atoms with E-state index in [1.165, 1.54) is 35.1 Å². The zero-order chi connectivity index (χ0) is 19.3. The molecule has 0 radical (unpaired) electrons. The van der Waals surface area contributed by atoms with Crippen molar-refractivity contribution in [3.8, 4) is 11.4 Å². The van der Waals surface area contributed by atoms with E-state index in [0.29, 0.717) is 11.4 Å². The number of nitrogens with one attached hydrogen (secondary N) is 2. The molecule has 0 aliphatic rings. The second-order valence-corrected chi connectivity index (χ2v) is 6.94. The van der Waals surface area contributed by atoms with Crippen LogP contribution < -0.4 is 5.32 Å². The number of thiazole rings is 1. The van der Waals surface area contributed by atoms with Crippen molar-refractivity contribution in [1.82, 2.24) is 25.6 Å². The number of benzene rings is 2. The van der Waals surface area contributed by atoms with Gasteiger partial charge in [-0.15, -0.1) is 21.5 Å². The normalized spacial score (nSPS) is 10.8. The molecule has 7 nitrogen and oxygen atoms in total. The summed E-state index contributed by atoms with van der Waals surface area (Å²) in [6.07, 6.45) is 1.58. The standard InChI is InChI=1S/C19H15FN6OS/c20-14-8-7-13(18-23-25-26-24-18)10-15(14)22-19(27)16-11-28-17(21-16)9-6-12-4-2-1-3-5-12/h1-5,7-8,10-11H,6,9H2,(H,22,27)(H,23,24,25,26). The predicted octanol–water partition coefficient (Wildman–Crippen LogP) is 3.50. The number of hydrogen-bond donors (Lipinski definition) is 2. The molecule has 0 atom stereocenters. The van der Waals surface area contributed by atoms with E-state index in [0.717, 1.165) is 17.8 Å². The highest BCUT2D eigenvalue weighted by atomic mass is 32.1. The lowest BCUT2D eigenvalue weighted by molar-refractivity contribution is 0.102. The SMILES string of the molecule is O=C(Nc1cc(-c2nn[nH]n2)ccc1F)c1csc(CCc2ccccc2)n1. The molecule has 0 bridgehead atoms. The zero-order valence-corrected chi connectivity index (χ0v) is 15.4. The molecule has 2 aromatic heterocycles. The second kappa shape index (κ2) is 8.05. The molecule has 0 saturated carbocycles. The van der Waals surface area contributed by atoms with Crippen molar-refractivity contribution in [2.45, 2.75) is 12.8 Å². The highest BCUT2D eigenvalue weighted by Gasteiger charge is 2.15. The first-order chi connectivity index (χ1) is 13.7. The van der Waals surface area contributed by atoms with E-state index in [4.69, 9.17) is 0 Å². The smallest absolute Gasteiger partial charge is 0.275 e. The van der Waals surface area contributed by atoms with Crippen LogP contribution in [0.3, 0.4) is 0 Å². The highest BCUT2D eigenvalue weighted by molar-refractivity contribution is 7.09. The van der Waals surface area contributed by atoms with Crippen molar-refractivity contribution in [2.24, 2.45) is 0 Å². The van der Waals surface area contributed by atoms with E-state index in [1.54, 1.807) is 5.38 Å². The first-order valence-electron chi connectivity index (χ1n) is 8.52. The van der Waals surface area contributed by atoms with Gasteiger partial charge in [0.25, 0.3) is 5.91 Å². The van der Waals surface area contributed by atoms with E-state index >= 15 is 0 Å². The van der Waals surface area contributed by atoms with Crippen molar-refractivity contribution in [1.29, 1.82) is 0 Å². The van der Waals surface area contributed by atoms with Crippen LogP contribution in [0.5, 0.6) is 0 Å². The van der Waals surface area contributed by atoms with Gasteiger partial charge >= 0.3 is 0 Å². The van der Waals surface area contributed by atoms with Crippen LogP contribution >= 0.6 is 11.3 Å². The van der Waals surface area contributed by atoms with Crippen LogP contribution in [0, 0.1) is 5.82 Å². The number of aryl methyl sites for hydroxylation is 2. The molecule has 1 amide bonds. The fourth-order valence-electron chi connectivity index (χ4n) is 2.66. The molecule has 0 unspecified atom stereocenters. The molecule has 2 N–H and O–H groups in total. The minimum atomic E-state index is -0.555. The van der Waals surface area contributed by atoms with Crippen LogP contribution in [0.1, 0.15) is 21.1 Å². The number of aromatic nitrogens is 5. The van der Waals surface area contributed by atoms with Gasteiger partial charge in [-0.2, -0.15) is 5.21 Å². The summed E-state index contributed by atoms with van der Waals surface area (Å²) in [7, 11) is 0. The average Bonchev–Trinajstić information content (AvgIpc) is 3.41. The lowest BCUT2D eigenvalue weighted by Gasteiger charge is -2.06. The maximum absolute atomic E-state index is 14.1. The van der Waals surface area contributed by atoms with E-state index < -0.39 is 11.7 Å². The molecule has 4 rings (SSSR count). The molecule has 28 heavy (non-hydrogen) atoms. The van der Waals surface area contributed by atoms with Gasteiger partial charge in [0.05, 0.1) is 10.7 Å². The molecule has 4 aromatic rings. The van der Waals surface area contributed by atoms with Gasteiger partial charge in [-0.25, -0.2) is 9.37 Å². The minimum Gasteiger partial charge on any atom is -0.318 e. The molecule has 9 heteroatoms. The first-order valence-corrected chi connectivity index (χ1v) is 9.40. The van der Waals surface area contributed by atoms with Crippen LogP contribution in [0.25, 0.3) is 11.4 Å². The van der Waals surface area contributed by atoms with Crippen LogP contribution in [-0.4, -0.2) is 31.5 Å². The van der Waals surface area contributed by atoms with E-state index in [9.17, 15) is 9.18 Å². The molecular formula is C19H15FN6OS. The number of halogens is 1. The van der Waals surface area contributed by atoms with Crippen molar-refractivity contribution >= 4 is 22.9 Å². The van der Waals surface area contributed by atoms with Crippen molar-refractivity contribution in [3.05, 3.63) is 76.0 Å². The van der Waals surface area contributed by atoms with Gasteiger partial charge < -0.3 is 5.32 Å². The summed E-state index contributed by atoms with van der Waals surface area (Å²) < 4.78 is 14.1. The van der Waals surface area contributed by atoms with Gasteiger partial charge in [-0.05, 0) is 35.4 Å². The maximum atomic E-state index is 14.1. The fraction of sp³-hybridized carbons (Fsp3) is 0.105. The Morgan fingerprint density at radius 2 is 2.00 bits per heavy atom. The molecule has 2 heterocycles. The number of carbonyl (C=O) groups excluding carboxylic acids is 1. The van der Waals surface area contributed by atoms with Crippen molar-refractivity contribution in [2.75, 3.05) is 5.32 Å². The number of rotatable bonds is 6. The number of nitrogens with zero attached hydrogens (tertiary/aromatic N) is 4. The second-order valence-electron chi connectivity index (χ2n) is 6.00. The summed E-state index contributed by atoms with van der Waals surface area (Å²) >= 11 is 1.41. The van der Waals surface area contributed by atoms with Crippen molar-refractivity contribution < 1.29 is 9.18 Å². The van der Waals surface area contributed by atoms with Gasteiger partial charge in [-0.1, -0.05) is 30.3 Å². The first kappa shape index (κ1) is 17.9. The number of hydrogen-bond acceptors (Lipinski definition) is 6. The van der Waals surface area contributed by atoms with Crippen molar-refractivity contribution in [3.63, 3.8) is 0 Å². The van der Waals surface area contributed by atoms with Crippen LogP contribution in [-0.2, 0) is 12.8 Å². The van der Waals surface area contributed by atoms with Gasteiger partial charge in [0.1, 0.15) is 11.5 Å². The van der Waals surface area contributed by atoms with Gasteiger partial charge in [0.15, 0.2) is 0 Å². The maximum Gasteiger partial charge on any atom is 0.275 e. The fourth-order valence-corrected chi connectivity index (χ4v) is 3.43. The predicted molar refractivity (Wildman–Crippen MR) is 103 cm³/mol. The van der Waals surface area contributed by atoms with Crippen LogP contribution in [0.2, 0.25) is 0 Å². The quantitative estimate of drug-likeness (QED) is 0.522. The van der Waals surface area contributed by atoms with Gasteiger partial charge in [0, 0.05) is 17.4 Å². The molecule has 0 aliphatic heterocycles. The Morgan fingerprint density at radius 1 is 1.14 bits per heavy atom. The number of H-pyrrole nitrogens is 1. The number of anilines is 1. The van der Waals surface area contributed by atoms with Crippen LogP contribution in [0.15, 0.2) is 53.9 Å². The molecule has 140 valence electrons. The molecular weight excluding hydrogens is 379 g/mol. The third kappa shape index (κ3) is 4.09. The third-order valence-corrected chi connectivity index (χ3v) is 4.98. The number of carbonyl (C=O) groups is 1. The molecule has 2 aromatic carbocycles.